The fourth-order valence-corrected chi connectivity index (χ4v) is 1.49. The number of anilines is 1. The number of nitrogens with one attached hydrogen (secondary N) is 2. The van der Waals surface area contributed by atoms with E-state index in [-0.39, 0.29) is 25.0 Å². The Kier molecular flexibility index (Phi) is 6.95. The predicted molar refractivity (Wildman–Crippen MR) is 75.9 cm³/mol. The van der Waals surface area contributed by atoms with Gasteiger partial charge in [-0.1, -0.05) is 0 Å². The minimum atomic E-state index is -0.363. The molecule has 0 saturated heterocycles. The number of carbonyl (C=O) groups excluding carboxylic acids is 2. The van der Waals surface area contributed by atoms with Gasteiger partial charge in [-0.3, -0.25) is 4.79 Å². The van der Waals surface area contributed by atoms with E-state index in [1.807, 2.05) is 6.92 Å². The summed E-state index contributed by atoms with van der Waals surface area (Å²) in [4.78, 5) is 22.6. The van der Waals surface area contributed by atoms with E-state index in [9.17, 15) is 9.59 Å². The second-order valence-electron chi connectivity index (χ2n) is 3.89. The molecule has 6 nitrogen and oxygen atoms in total. The largest absolute Gasteiger partial charge is 0.494 e. The van der Waals surface area contributed by atoms with Gasteiger partial charge in [-0.15, -0.1) is 0 Å². The zero-order chi connectivity index (χ0) is 14.8. The van der Waals surface area contributed by atoms with Crippen molar-refractivity contribution in [1.29, 1.82) is 0 Å². The third-order valence-corrected chi connectivity index (χ3v) is 2.34. The first-order valence-corrected chi connectivity index (χ1v) is 6.59. The maximum atomic E-state index is 11.6. The van der Waals surface area contributed by atoms with Crippen molar-refractivity contribution in [3.8, 4) is 5.75 Å². The molecule has 0 bridgehead atoms. The van der Waals surface area contributed by atoms with Crippen molar-refractivity contribution in [2.75, 3.05) is 25.1 Å². The monoisotopic (exact) mass is 280 g/mol. The highest BCUT2D eigenvalue weighted by atomic mass is 16.5. The van der Waals surface area contributed by atoms with E-state index < -0.39 is 0 Å². The summed E-state index contributed by atoms with van der Waals surface area (Å²) in [6.45, 7) is 4.83. The van der Waals surface area contributed by atoms with Crippen LogP contribution < -0.4 is 15.4 Å². The van der Waals surface area contributed by atoms with E-state index in [1.165, 1.54) is 0 Å². The molecule has 0 aliphatic heterocycles. The van der Waals surface area contributed by atoms with Gasteiger partial charge in [0.1, 0.15) is 5.75 Å². The zero-order valence-electron chi connectivity index (χ0n) is 11.8. The van der Waals surface area contributed by atoms with Gasteiger partial charge in [0.25, 0.3) is 0 Å². The van der Waals surface area contributed by atoms with Gasteiger partial charge in [-0.2, -0.15) is 0 Å². The first-order chi connectivity index (χ1) is 9.65. The van der Waals surface area contributed by atoms with Gasteiger partial charge in [0.2, 0.25) is 0 Å². The SMILES string of the molecule is CCOC(=O)CCNC(=O)Nc1ccc(OCC)cc1. The van der Waals surface area contributed by atoms with Crippen LogP contribution in [0.4, 0.5) is 10.5 Å². The molecular formula is C14H20N2O4. The van der Waals surface area contributed by atoms with E-state index in [0.717, 1.165) is 5.75 Å². The molecule has 0 heterocycles. The number of carbonyl (C=O) groups is 2. The second kappa shape index (κ2) is 8.79. The highest BCUT2D eigenvalue weighted by molar-refractivity contribution is 5.89. The van der Waals surface area contributed by atoms with Crippen molar-refractivity contribution in [3.63, 3.8) is 0 Å². The van der Waals surface area contributed by atoms with Crippen LogP contribution in [-0.2, 0) is 9.53 Å². The zero-order valence-corrected chi connectivity index (χ0v) is 11.8. The van der Waals surface area contributed by atoms with Crippen LogP contribution in [0.15, 0.2) is 24.3 Å². The third kappa shape index (κ3) is 6.08. The van der Waals surface area contributed by atoms with Crippen molar-refractivity contribution in [2.24, 2.45) is 0 Å². The molecular weight excluding hydrogens is 260 g/mol. The van der Waals surface area contributed by atoms with Crippen LogP contribution in [0, 0.1) is 0 Å². The fourth-order valence-electron chi connectivity index (χ4n) is 1.49. The molecule has 20 heavy (non-hydrogen) atoms. The van der Waals surface area contributed by atoms with E-state index >= 15 is 0 Å². The van der Waals surface area contributed by atoms with Gasteiger partial charge in [-0.25, -0.2) is 4.79 Å². The number of urea groups is 1. The Morgan fingerprint density at radius 2 is 1.80 bits per heavy atom. The van der Waals surface area contributed by atoms with Crippen LogP contribution in [0.25, 0.3) is 0 Å². The lowest BCUT2D eigenvalue weighted by Gasteiger charge is -2.08. The van der Waals surface area contributed by atoms with Crippen molar-refractivity contribution in [3.05, 3.63) is 24.3 Å². The number of hydrogen-bond acceptors (Lipinski definition) is 4. The molecule has 0 saturated carbocycles. The number of ether oxygens (including phenoxy) is 2. The van der Waals surface area contributed by atoms with Crippen molar-refractivity contribution >= 4 is 17.7 Å². The van der Waals surface area contributed by atoms with Crippen LogP contribution in [0.3, 0.4) is 0 Å². The quantitative estimate of drug-likeness (QED) is 0.750. The summed E-state index contributed by atoms with van der Waals surface area (Å²) >= 11 is 0. The average molecular weight is 280 g/mol. The summed E-state index contributed by atoms with van der Waals surface area (Å²) in [5.41, 5.74) is 0.655. The minimum absolute atomic E-state index is 0.157. The van der Waals surface area contributed by atoms with Gasteiger partial charge in [0, 0.05) is 12.2 Å². The van der Waals surface area contributed by atoms with Crippen LogP contribution in [0.2, 0.25) is 0 Å². The Hall–Kier alpha value is -2.24. The molecule has 110 valence electrons. The van der Waals surface area contributed by atoms with Crippen LogP contribution in [-0.4, -0.2) is 31.8 Å². The highest BCUT2D eigenvalue weighted by Gasteiger charge is 2.04. The lowest BCUT2D eigenvalue weighted by atomic mass is 10.3. The van der Waals surface area contributed by atoms with Crippen molar-refractivity contribution in [1.82, 2.24) is 5.32 Å². The van der Waals surface area contributed by atoms with Gasteiger partial charge in [0.15, 0.2) is 0 Å². The summed E-state index contributed by atoms with van der Waals surface area (Å²) < 4.78 is 10.1. The molecule has 1 rings (SSSR count). The molecule has 6 heteroatoms. The topological polar surface area (TPSA) is 76.7 Å². The summed E-state index contributed by atoms with van der Waals surface area (Å²) in [5.74, 6) is 0.426. The molecule has 0 aromatic heterocycles. The smallest absolute Gasteiger partial charge is 0.319 e. The number of esters is 1. The van der Waals surface area contributed by atoms with E-state index in [4.69, 9.17) is 9.47 Å². The summed E-state index contributed by atoms with van der Waals surface area (Å²) in [6.07, 6.45) is 0.157. The fraction of sp³-hybridized carbons (Fsp3) is 0.429. The number of hydrogen-bond donors (Lipinski definition) is 2. The lowest BCUT2D eigenvalue weighted by Crippen LogP contribution is -2.30. The van der Waals surface area contributed by atoms with Gasteiger partial charge >= 0.3 is 12.0 Å². The molecule has 1 aromatic rings. The van der Waals surface area contributed by atoms with Crippen molar-refractivity contribution < 1.29 is 19.1 Å². The molecule has 2 N–H and O–H groups in total. The maximum Gasteiger partial charge on any atom is 0.319 e. The summed E-state index contributed by atoms with van der Waals surface area (Å²) in [7, 11) is 0. The molecule has 0 radical (unpaired) electrons. The molecule has 0 aliphatic carbocycles. The van der Waals surface area contributed by atoms with Gasteiger partial charge in [-0.05, 0) is 38.1 Å². The summed E-state index contributed by atoms with van der Waals surface area (Å²) in [6, 6.07) is 6.68. The Morgan fingerprint density at radius 3 is 2.40 bits per heavy atom. The van der Waals surface area contributed by atoms with Gasteiger partial charge < -0.3 is 20.1 Å². The molecule has 0 aliphatic rings. The summed E-state index contributed by atoms with van der Waals surface area (Å²) in [5, 5.41) is 5.24. The second-order valence-corrected chi connectivity index (χ2v) is 3.89. The number of amides is 2. The first kappa shape index (κ1) is 15.8. The molecule has 0 atom stereocenters. The van der Waals surface area contributed by atoms with Crippen LogP contribution >= 0.6 is 0 Å². The Morgan fingerprint density at radius 1 is 1.10 bits per heavy atom. The average Bonchev–Trinajstić information content (AvgIpc) is 2.41. The van der Waals surface area contributed by atoms with Gasteiger partial charge in [0.05, 0.1) is 19.6 Å². The molecule has 1 aromatic carbocycles. The van der Waals surface area contributed by atoms with Crippen molar-refractivity contribution in [2.45, 2.75) is 20.3 Å². The van der Waals surface area contributed by atoms with Crippen LogP contribution in [0.1, 0.15) is 20.3 Å². The Balaban J connectivity index is 2.29. The number of benzene rings is 1. The lowest BCUT2D eigenvalue weighted by molar-refractivity contribution is -0.142. The normalized spacial score (nSPS) is 9.70. The molecule has 0 fully saturated rings. The number of rotatable bonds is 7. The predicted octanol–water partition coefficient (Wildman–Crippen LogP) is 2.16. The Labute approximate surface area is 118 Å². The third-order valence-electron chi connectivity index (χ3n) is 2.34. The standard InChI is InChI=1S/C14H20N2O4/c1-3-19-12-7-5-11(6-8-12)16-14(18)15-10-9-13(17)20-4-2/h5-8H,3-4,9-10H2,1-2H3,(H2,15,16,18). The minimum Gasteiger partial charge on any atom is -0.494 e. The van der Waals surface area contributed by atoms with Crippen LogP contribution in [0.5, 0.6) is 5.75 Å². The first-order valence-electron chi connectivity index (χ1n) is 6.59. The van der Waals surface area contributed by atoms with E-state index in [2.05, 4.69) is 10.6 Å². The van der Waals surface area contributed by atoms with E-state index in [1.54, 1.807) is 31.2 Å². The highest BCUT2D eigenvalue weighted by Crippen LogP contribution is 2.15. The molecule has 0 unspecified atom stereocenters. The molecule has 0 spiro atoms. The maximum absolute atomic E-state index is 11.6. The molecule has 2 amide bonds. The Bertz CT molecular complexity index is 431. The van der Waals surface area contributed by atoms with E-state index in [0.29, 0.717) is 18.9 Å².